The van der Waals surface area contributed by atoms with Crippen LogP contribution in [0.2, 0.25) is 0 Å². The molecule has 74 valence electrons. The number of carbonyl (C=O) groups is 2. The van der Waals surface area contributed by atoms with Gasteiger partial charge in [0.2, 0.25) is 5.91 Å². The Morgan fingerprint density at radius 3 is 2.69 bits per heavy atom. The molecule has 6 nitrogen and oxygen atoms in total. The molecule has 1 fully saturated rings. The number of nitrogens with one attached hydrogen (secondary N) is 1. The lowest BCUT2D eigenvalue weighted by Crippen LogP contribution is -2.45. The van der Waals surface area contributed by atoms with E-state index in [0.717, 1.165) is 0 Å². The molecule has 1 rings (SSSR count). The molecule has 3 unspecified atom stereocenters. The summed E-state index contributed by atoms with van der Waals surface area (Å²) in [4.78, 5) is 21.6. The highest BCUT2D eigenvalue weighted by molar-refractivity contribution is 5.85. The van der Waals surface area contributed by atoms with Crippen LogP contribution in [0.1, 0.15) is 6.92 Å². The molecule has 0 bridgehead atoms. The third kappa shape index (κ3) is 1.96. The molecule has 3 N–H and O–H groups in total. The molecule has 1 heterocycles. The molecule has 0 spiro atoms. The number of hydrogen-bond acceptors (Lipinski definition) is 5. The van der Waals surface area contributed by atoms with E-state index in [2.05, 4.69) is 10.1 Å². The second kappa shape index (κ2) is 3.71. The minimum Gasteiger partial charge on any atom is -0.455 e. The van der Waals surface area contributed by atoms with Crippen molar-refractivity contribution in [1.29, 1.82) is 0 Å². The minimum absolute atomic E-state index is 0.431. The number of rotatable bonds is 2. The molecule has 1 aliphatic heterocycles. The van der Waals surface area contributed by atoms with Gasteiger partial charge in [0.05, 0.1) is 6.61 Å². The van der Waals surface area contributed by atoms with E-state index in [0.29, 0.717) is 0 Å². The third-order valence-corrected chi connectivity index (χ3v) is 1.78. The fourth-order valence-corrected chi connectivity index (χ4v) is 1.15. The maximum Gasteiger partial charge on any atom is 0.331 e. The largest absolute Gasteiger partial charge is 0.455 e. The van der Waals surface area contributed by atoms with Crippen LogP contribution in [0, 0.1) is 0 Å². The molecule has 1 amide bonds. The van der Waals surface area contributed by atoms with Crippen LogP contribution in [0.5, 0.6) is 0 Å². The molecular weight excluding hydrogens is 178 g/mol. The van der Waals surface area contributed by atoms with Crippen molar-refractivity contribution in [2.75, 3.05) is 6.61 Å². The highest BCUT2D eigenvalue weighted by Crippen LogP contribution is 2.15. The van der Waals surface area contributed by atoms with Crippen molar-refractivity contribution in [1.82, 2.24) is 5.32 Å². The molecule has 1 saturated heterocycles. The van der Waals surface area contributed by atoms with Crippen molar-refractivity contribution in [3.8, 4) is 0 Å². The van der Waals surface area contributed by atoms with Gasteiger partial charge in [0.15, 0.2) is 12.1 Å². The lowest BCUT2D eigenvalue weighted by molar-refractivity contribution is -0.145. The van der Waals surface area contributed by atoms with Crippen LogP contribution in [0.3, 0.4) is 0 Å². The second-order valence-electron chi connectivity index (χ2n) is 2.83. The summed E-state index contributed by atoms with van der Waals surface area (Å²) in [6, 6.07) is -1.06. The zero-order valence-electron chi connectivity index (χ0n) is 7.06. The first-order chi connectivity index (χ1) is 6.06. The highest BCUT2D eigenvalue weighted by atomic mass is 16.6. The Balaban J connectivity index is 2.64. The van der Waals surface area contributed by atoms with Gasteiger partial charge in [-0.25, -0.2) is 4.79 Å². The molecule has 0 aliphatic carbocycles. The predicted octanol–water partition coefficient (Wildman–Crippen LogP) is -2.23. The highest BCUT2D eigenvalue weighted by Gasteiger charge is 2.43. The Morgan fingerprint density at radius 2 is 2.31 bits per heavy atom. The van der Waals surface area contributed by atoms with E-state index in [1.54, 1.807) is 0 Å². The molecule has 0 saturated carbocycles. The maximum atomic E-state index is 11.0. The third-order valence-electron chi connectivity index (χ3n) is 1.78. The number of cyclic esters (lactones) is 1. The summed E-state index contributed by atoms with van der Waals surface area (Å²) in [5.41, 5.74) is 0. The van der Waals surface area contributed by atoms with Crippen LogP contribution < -0.4 is 5.32 Å². The number of ether oxygens (including phenoxy) is 1. The Bertz CT molecular complexity index is 229. The van der Waals surface area contributed by atoms with Crippen molar-refractivity contribution in [3.05, 3.63) is 0 Å². The fourth-order valence-electron chi connectivity index (χ4n) is 1.15. The summed E-state index contributed by atoms with van der Waals surface area (Å²) in [7, 11) is 0. The monoisotopic (exact) mass is 189 g/mol. The molecule has 0 radical (unpaired) electrons. The Labute approximate surface area is 74.5 Å². The van der Waals surface area contributed by atoms with Gasteiger partial charge in [-0.1, -0.05) is 0 Å². The SMILES string of the molecule is CC(=O)NC1C(=O)OC(CO)C1O. The van der Waals surface area contributed by atoms with Gasteiger partial charge in [0.1, 0.15) is 6.10 Å². The number of esters is 1. The lowest BCUT2D eigenvalue weighted by Gasteiger charge is -2.13. The zero-order chi connectivity index (χ0) is 10.0. The topological polar surface area (TPSA) is 95.9 Å². The van der Waals surface area contributed by atoms with E-state index in [9.17, 15) is 14.7 Å². The molecule has 0 aromatic carbocycles. The molecule has 0 aromatic rings. The van der Waals surface area contributed by atoms with E-state index in [1.165, 1.54) is 6.92 Å². The van der Waals surface area contributed by atoms with Crippen LogP contribution in [0.4, 0.5) is 0 Å². The summed E-state index contributed by atoms with van der Waals surface area (Å²) in [6.45, 7) is 0.773. The second-order valence-corrected chi connectivity index (χ2v) is 2.83. The Kier molecular flexibility index (Phi) is 2.84. The van der Waals surface area contributed by atoms with Gasteiger partial charge >= 0.3 is 5.97 Å². The minimum atomic E-state index is -1.18. The van der Waals surface area contributed by atoms with Crippen LogP contribution in [-0.4, -0.2) is 46.9 Å². The first-order valence-corrected chi connectivity index (χ1v) is 3.82. The first kappa shape index (κ1) is 9.94. The van der Waals surface area contributed by atoms with Gasteiger partial charge in [-0.05, 0) is 0 Å². The van der Waals surface area contributed by atoms with Crippen molar-refractivity contribution < 1.29 is 24.5 Å². The van der Waals surface area contributed by atoms with Crippen molar-refractivity contribution in [2.24, 2.45) is 0 Å². The van der Waals surface area contributed by atoms with Gasteiger partial charge in [0.25, 0.3) is 0 Å². The fraction of sp³-hybridized carbons (Fsp3) is 0.714. The Morgan fingerprint density at radius 1 is 1.69 bits per heavy atom. The molecule has 13 heavy (non-hydrogen) atoms. The van der Waals surface area contributed by atoms with Crippen molar-refractivity contribution in [3.63, 3.8) is 0 Å². The Hall–Kier alpha value is -1.14. The van der Waals surface area contributed by atoms with Gasteiger partial charge in [-0.15, -0.1) is 0 Å². The zero-order valence-corrected chi connectivity index (χ0v) is 7.06. The summed E-state index contributed by atoms with van der Waals surface area (Å²) in [6.07, 6.45) is -2.12. The molecule has 6 heteroatoms. The van der Waals surface area contributed by atoms with E-state index >= 15 is 0 Å². The van der Waals surface area contributed by atoms with Crippen LogP contribution in [0.25, 0.3) is 0 Å². The summed E-state index contributed by atoms with van der Waals surface area (Å²) in [5.74, 6) is -1.15. The molecular formula is C7H11NO5. The van der Waals surface area contributed by atoms with Crippen molar-refractivity contribution >= 4 is 11.9 Å². The van der Waals surface area contributed by atoms with E-state index in [4.69, 9.17) is 5.11 Å². The summed E-state index contributed by atoms with van der Waals surface area (Å²) in [5, 5.41) is 20.2. The van der Waals surface area contributed by atoms with Crippen LogP contribution in [0.15, 0.2) is 0 Å². The van der Waals surface area contributed by atoms with Gasteiger partial charge in [-0.3, -0.25) is 4.79 Å². The molecule has 1 aliphatic rings. The average Bonchev–Trinajstić information content (AvgIpc) is 2.31. The number of aliphatic hydroxyl groups excluding tert-OH is 2. The molecule has 3 atom stereocenters. The average molecular weight is 189 g/mol. The maximum absolute atomic E-state index is 11.0. The number of hydrogen-bond donors (Lipinski definition) is 3. The number of aliphatic hydroxyl groups is 2. The lowest BCUT2D eigenvalue weighted by atomic mass is 10.1. The van der Waals surface area contributed by atoms with Gasteiger partial charge < -0.3 is 20.3 Å². The normalized spacial score (nSPS) is 32.8. The summed E-state index contributed by atoms with van der Waals surface area (Å²) < 4.78 is 4.58. The van der Waals surface area contributed by atoms with E-state index in [-0.39, 0.29) is 0 Å². The van der Waals surface area contributed by atoms with Crippen LogP contribution in [-0.2, 0) is 14.3 Å². The summed E-state index contributed by atoms with van der Waals surface area (Å²) >= 11 is 0. The predicted molar refractivity (Wildman–Crippen MR) is 40.6 cm³/mol. The molecule has 0 aromatic heterocycles. The quantitative estimate of drug-likeness (QED) is 0.427. The van der Waals surface area contributed by atoms with E-state index < -0.39 is 36.7 Å². The number of carbonyl (C=O) groups excluding carboxylic acids is 2. The van der Waals surface area contributed by atoms with Crippen molar-refractivity contribution in [2.45, 2.75) is 25.2 Å². The standard InChI is InChI=1S/C7H11NO5/c1-3(10)8-5-6(11)4(2-9)13-7(5)12/h4-6,9,11H,2H2,1H3,(H,8,10). The smallest absolute Gasteiger partial charge is 0.331 e. The van der Waals surface area contributed by atoms with Gasteiger partial charge in [0, 0.05) is 6.92 Å². The first-order valence-electron chi connectivity index (χ1n) is 3.82. The van der Waals surface area contributed by atoms with Gasteiger partial charge in [-0.2, -0.15) is 0 Å². The number of amides is 1. The van der Waals surface area contributed by atoms with Crippen LogP contribution >= 0.6 is 0 Å². The van der Waals surface area contributed by atoms with E-state index in [1.807, 2.05) is 0 Å².